The van der Waals surface area contributed by atoms with Crippen molar-refractivity contribution in [1.29, 1.82) is 5.26 Å². The Morgan fingerprint density at radius 1 is 0.675 bits per heavy atom. The normalized spacial score (nSPS) is 17.7. The quantitative estimate of drug-likeness (QED) is 0.0364. The second-order valence-electron chi connectivity index (χ2n) is 22.6. The van der Waals surface area contributed by atoms with Crippen molar-refractivity contribution < 1.29 is 72.6 Å². The molecule has 8 N–H and O–H groups in total. The molecule has 4 atom stereocenters. The van der Waals surface area contributed by atoms with E-state index in [4.69, 9.17) is 11.6 Å². The van der Waals surface area contributed by atoms with E-state index in [1.165, 1.54) is 30.3 Å². The lowest BCUT2D eigenvalue weighted by Gasteiger charge is -2.32. The number of carboxylic acids is 2. The number of Topliss-reactive ketones (excluding diaryl/α,β-unsaturated/α-hetero) is 2. The summed E-state index contributed by atoms with van der Waals surface area (Å²) in [7, 11) is 0. The number of hydrogen-bond acceptors (Lipinski definition) is 13. The number of nitrogens with one attached hydrogen (secondary N) is 2. The molecule has 4 aromatic carbocycles. The van der Waals surface area contributed by atoms with Gasteiger partial charge in [0.05, 0.1) is 68.1 Å². The van der Waals surface area contributed by atoms with Crippen LogP contribution in [0.15, 0.2) is 82.8 Å². The number of ketones is 2. The first kappa shape index (κ1) is 64.7. The zero-order chi connectivity index (χ0) is 60.8. The summed E-state index contributed by atoms with van der Waals surface area (Å²) in [4.78, 5) is 83.4. The Morgan fingerprint density at radius 2 is 1.14 bits per heavy atom. The number of aliphatic hydroxyl groups excluding tert-OH is 2. The maximum atomic E-state index is 13.7. The van der Waals surface area contributed by atoms with Crippen LogP contribution >= 0.6 is 11.6 Å². The molecule has 0 saturated heterocycles. The van der Waals surface area contributed by atoms with Crippen LogP contribution in [0.4, 0.5) is 13.2 Å². The van der Waals surface area contributed by atoms with Crippen molar-refractivity contribution in [2.75, 3.05) is 26.2 Å². The predicted molar refractivity (Wildman–Crippen MR) is 305 cm³/mol. The molecule has 4 aromatic rings. The lowest BCUT2D eigenvalue weighted by atomic mass is 9.70. The van der Waals surface area contributed by atoms with Crippen molar-refractivity contribution in [2.45, 2.75) is 158 Å². The third kappa shape index (κ3) is 18.8. The Bertz CT molecular complexity index is 3170. The first-order valence-corrected chi connectivity index (χ1v) is 28.0. The number of aliphatic carboxylic acids is 2. The molecule has 1 saturated carbocycles. The minimum Gasteiger partial charge on any atom is -0.508 e. The van der Waals surface area contributed by atoms with Crippen molar-refractivity contribution in [3.63, 3.8) is 0 Å². The van der Waals surface area contributed by atoms with Crippen LogP contribution in [0.3, 0.4) is 0 Å². The number of carbonyl (C=O) groups is 6. The Balaban J connectivity index is 0.000000267. The van der Waals surface area contributed by atoms with Gasteiger partial charge in [-0.1, -0.05) is 60.7 Å². The molecule has 1 fully saturated rings. The number of alkyl halides is 3. The van der Waals surface area contributed by atoms with Crippen LogP contribution in [0.1, 0.15) is 169 Å². The van der Waals surface area contributed by atoms with Gasteiger partial charge < -0.3 is 41.3 Å². The van der Waals surface area contributed by atoms with E-state index in [9.17, 15) is 77.8 Å². The summed E-state index contributed by atoms with van der Waals surface area (Å²) in [6.45, 7) is 3.57. The van der Waals surface area contributed by atoms with Crippen molar-refractivity contribution in [3.8, 4) is 17.6 Å². The summed E-state index contributed by atoms with van der Waals surface area (Å²) >= 11 is 6.43. The van der Waals surface area contributed by atoms with E-state index in [0.717, 1.165) is 50.1 Å². The number of aliphatic hydroxyl groups is 2. The van der Waals surface area contributed by atoms with Gasteiger partial charge in [0.2, 0.25) is 0 Å². The van der Waals surface area contributed by atoms with E-state index in [2.05, 4.69) is 26.7 Å². The minimum atomic E-state index is -4.54. The van der Waals surface area contributed by atoms with Crippen molar-refractivity contribution in [3.05, 3.63) is 128 Å². The summed E-state index contributed by atoms with van der Waals surface area (Å²) in [5, 5.41) is 74.0. The molecular formula is C62H71ClF3N5O12. The SMILES string of the molecule is Cc1cc([C@H](CC(=O)O)CC(=O)CNC(=O)c2cc(O)cc(CC3=NCC(O)CC3)c2)cc(C(C)(C)C(F)(F)F)c1.N#CC1(c2cc(Cl)cc([C@H](CC(=O)O)CC(=O)CNC(=O)c3cc(O)cc(CC4=NCC(O)CC4)c3)c2)CCCCC1. The maximum Gasteiger partial charge on any atom is 0.397 e. The number of carboxylic acid groups (broad SMARTS) is 2. The summed E-state index contributed by atoms with van der Waals surface area (Å²) in [6, 6.07) is 20.7. The van der Waals surface area contributed by atoms with Crippen molar-refractivity contribution in [1.82, 2.24) is 10.6 Å². The number of aromatic hydroxyl groups is 2. The number of rotatable bonds is 22. The van der Waals surface area contributed by atoms with Crippen LogP contribution in [-0.2, 0) is 42.8 Å². The summed E-state index contributed by atoms with van der Waals surface area (Å²) in [6.07, 6.45) is 0.866. The Labute approximate surface area is 484 Å². The molecule has 2 unspecified atom stereocenters. The number of nitrogens with zero attached hydrogens (tertiary/aromatic N) is 3. The summed E-state index contributed by atoms with van der Waals surface area (Å²) in [5.41, 5.74) is 2.56. The highest BCUT2D eigenvalue weighted by atomic mass is 35.5. The van der Waals surface area contributed by atoms with Crippen LogP contribution in [0.5, 0.6) is 11.5 Å². The van der Waals surface area contributed by atoms with Gasteiger partial charge in [0.25, 0.3) is 11.8 Å². The molecule has 444 valence electrons. The number of aliphatic imine (C=N–C) groups is 2. The van der Waals surface area contributed by atoms with E-state index < -0.39 is 83.6 Å². The molecule has 3 aliphatic rings. The topological polar surface area (TPSA) is 296 Å². The average molecular weight is 1170 g/mol. The molecular weight excluding hydrogens is 1100 g/mol. The zero-order valence-corrected chi connectivity index (χ0v) is 47.4. The molecule has 0 spiro atoms. The van der Waals surface area contributed by atoms with E-state index in [-0.39, 0.29) is 59.8 Å². The van der Waals surface area contributed by atoms with Gasteiger partial charge in [-0.15, -0.1) is 0 Å². The van der Waals surface area contributed by atoms with E-state index >= 15 is 0 Å². The van der Waals surface area contributed by atoms with Crippen LogP contribution in [0.25, 0.3) is 0 Å². The van der Waals surface area contributed by atoms with E-state index in [0.29, 0.717) is 97.3 Å². The van der Waals surface area contributed by atoms with Gasteiger partial charge in [-0.05, 0) is 141 Å². The van der Waals surface area contributed by atoms with Crippen LogP contribution in [-0.4, -0.2) is 122 Å². The van der Waals surface area contributed by atoms with Gasteiger partial charge in [0, 0.05) is 65.1 Å². The highest BCUT2D eigenvalue weighted by Crippen LogP contribution is 2.43. The molecule has 2 heterocycles. The fourth-order valence-corrected chi connectivity index (χ4v) is 10.9. The zero-order valence-electron chi connectivity index (χ0n) is 46.7. The molecule has 83 heavy (non-hydrogen) atoms. The maximum absolute atomic E-state index is 13.7. The third-order valence-corrected chi connectivity index (χ3v) is 15.6. The van der Waals surface area contributed by atoms with Crippen LogP contribution in [0, 0.1) is 18.3 Å². The minimum absolute atomic E-state index is 0.0359. The first-order chi connectivity index (χ1) is 39.1. The number of phenolic OH excluding ortho intramolecular Hbond substituents is 2. The molecule has 0 aromatic heterocycles. The monoisotopic (exact) mass is 1170 g/mol. The van der Waals surface area contributed by atoms with E-state index in [1.54, 1.807) is 43.3 Å². The number of halogens is 4. The fraction of sp³-hybridized carbons (Fsp3) is 0.468. The molecule has 0 radical (unpaired) electrons. The smallest absolute Gasteiger partial charge is 0.397 e. The summed E-state index contributed by atoms with van der Waals surface area (Å²) < 4.78 is 41.0. The number of aryl methyl sites for hydroxylation is 1. The fourth-order valence-electron chi connectivity index (χ4n) is 10.7. The average Bonchev–Trinajstić information content (AvgIpc) is 3.63. The van der Waals surface area contributed by atoms with Gasteiger partial charge in [-0.25, -0.2) is 0 Å². The summed E-state index contributed by atoms with van der Waals surface area (Å²) in [5.74, 6) is -6.15. The van der Waals surface area contributed by atoms with Crippen molar-refractivity contribution in [2.24, 2.45) is 9.98 Å². The molecule has 2 aliphatic heterocycles. The Hall–Kier alpha value is -7.47. The number of carbonyl (C=O) groups excluding carboxylic acids is 4. The lowest BCUT2D eigenvalue weighted by Crippen LogP contribution is -2.36. The molecule has 1 aliphatic carbocycles. The van der Waals surface area contributed by atoms with E-state index in [1.807, 2.05) is 6.07 Å². The van der Waals surface area contributed by atoms with Gasteiger partial charge >= 0.3 is 18.1 Å². The Morgan fingerprint density at radius 3 is 1.57 bits per heavy atom. The molecule has 0 bridgehead atoms. The number of amides is 2. The van der Waals surface area contributed by atoms with Crippen LogP contribution < -0.4 is 10.6 Å². The van der Waals surface area contributed by atoms with Gasteiger partial charge in [-0.2, -0.15) is 18.4 Å². The first-order valence-electron chi connectivity index (χ1n) is 27.6. The number of benzene rings is 4. The highest BCUT2D eigenvalue weighted by molar-refractivity contribution is 6.30. The van der Waals surface area contributed by atoms with Gasteiger partial charge in [-0.3, -0.25) is 38.8 Å². The second-order valence-corrected chi connectivity index (χ2v) is 23.0. The Kier molecular flexibility index (Phi) is 22.4. The number of nitriles is 1. The molecule has 2 amide bonds. The third-order valence-electron chi connectivity index (χ3n) is 15.4. The molecule has 7 rings (SSSR count). The standard InChI is InChI=1S/C32H36ClN3O6.C30H35F3N2O6/c33-25-12-21(11-24(16-25)32(19-34)6-2-1-3-7-32)22(15-30(40)41)13-29(39)18-36-31(42)23-8-20(10-28(38)14-23)9-26-4-5-27(37)17-35-26;1-17-6-19(11-22(7-17)29(2,3)30(31,32)33)20(14-27(39)40)12-26(38)16-35-28(41)21-8-18(10-25(37)13-21)9-23-4-5-24(36)15-34-23/h8,10-12,14,16,22,27,37-38H,1-7,9,13,15,17-18H2,(H,36,42)(H,40,41);6-8,10-11,13,20,24,36-37H,4-5,9,12,14-16H2,1-3H3,(H,35,41)(H,39,40)/t22-,27?;20-,24?/m00/s1. The second kappa shape index (κ2) is 28.7. The number of hydrogen-bond donors (Lipinski definition) is 8. The largest absolute Gasteiger partial charge is 0.508 e. The molecule has 21 heteroatoms. The predicted octanol–water partition coefficient (Wildman–Crippen LogP) is 9.48. The molecule has 17 nitrogen and oxygen atoms in total. The highest BCUT2D eigenvalue weighted by Gasteiger charge is 2.48. The number of phenols is 2. The van der Waals surface area contributed by atoms with Crippen molar-refractivity contribution >= 4 is 58.3 Å². The van der Waals surface area contributed by atoms with Crippen LogP contribution in [0.2, 0.25) is 5.02 Å². The lowest BCUT2D eigenvalue weighted by molar-refractivity contribution is -0.180. The van der Waals surface area contributed by atoms with Gasteiger partial charge in [0.1, 0.15) is 11.5 Å². The van der Waals surface area contributed by atoms with Gasteiger partial charge in [0.15, 0.2) is 11.6 Å².